The minimum absolute atomic E-state index is 0.219. The SMILES string of the molecule is NCC[C@@H]1CCc2cccc(-c3ccccc3Cl)c2O1. The summed E-state index contributed by atoms with van der Waals surface area (Å²) < 4.78 is 6.17. The molecule has 0 bridgehead atoms. The lowest BCUT2D eigenvalue weighted by molar-refractivity contribution is 0.167. The van der Waals surface area contributed by atoms with Crippen molar-refractivity contribution in [1.82, 2.24) is 0 Å². The Kier molecular flexibility index (Phi) is 3.95. The van der Waals surface area contributed by atoms with E-state index in [1.54, 1.807) is 0 Å². The zero-order chi connectivity index (χ0) is 13.9. The molecule has 1 heterocycles. The third kappa shape index (κ3) is 2.54. The van der Waals surface area contributed by atoms with Crippen LogP contribution in [0.4, 0.5) is 0 Å². The molecular weight excluding hydrogens is 270 g/mol. The van der Waals surface area contributed by atoms with Crippen LogP contribution in [0.25, 0.3) is 11.1 Å². The fourth-order valence-electron chi connectivity index (χ4n) is 2.74. The number of para-hydroxylation sites is 1. The summed E-state index contributed by atoms with van der Waals surface area (Å²) in [5, 5.41) is 0.755. The van der Waals surface area contributed by atoms with E-state index < -0.39 is 0 Å². The quantitative estimate of drug-likeness (QED) is 0.924. The number of fused-ring (bicyclic) bond motifs is 1. The molecule has 1 aliphatic heterocycles. The second-order valence-corrected chi connectivity index (χ2v) is 5.54. The number of benzene rings is 2. The van der Waals surface area contributed by atoms with Gasteiger partial charge in [0.1, 0.15) is 11.9 Å². The van der Waals surface area contributed by atoms with Crippen molar-refractivity contribution in [2.75, 3.05) is 6.54 Å². The van der Waals surface area contributed by atoms with Crippen molar-refractivity contribution in [1.29, 1.82) is 0 Å². The van der Waals surface area contributed by atoms with Crippen molar-refractivity contribution in [3.8, 4) is 16.9 Å². The van der Waals surface area contributed by atoms with Gasteiger partial charge in [0.2, 0.25) is 0 Å². The molecule has 3 heteroatoms. The second kappa shape index (κ2) is 5.86. The van der Waals surface area contributed by atoms with Gasteiger partial charge in [-0.25, -0.2) is 0 Å². The molecule has 2 N–H and O–H groups in total. The first-order chi connectivity index (χ1) is 9.79. The van der Waals surface area contributed by atoms with Gasteiger partial charge < -0.3 is 10.5 Å². The van der Waals surface area contributed by atoms with Gasteiger partial charge in [0.25, 0.3) is 0 Å². The third-order valence-electron chi connectivity index (χ3n) is 3.77. The van der Waals surface area contributed by atoms with Crippen molar-refractivity contribution in [3.05, 3.63) is 53.1 Å². The number of hydrogen-bond donors (Lipinski definition) is 1. The molecule has 0 spiro atoms. The van der Waals surface area contributed by atoms with Gasteiger partial charge in [-0.2, -0.15) is 0 Å². The van der Waals surface area contributed by atoms with Crippen LogP contribution in [0.1, 0.15) is 18.4 Å². The summed E-state index contributed by atoms with van der Waals surface area (Å²) in [6, 6.07) is 14.2. The molecule has 2 nitrogen and oxygen atoms in total. The first-order valence-electron chi connectivity index (χ1n) is 7.03. The first kappa shape index (κ1) is 13.5. The highest BCUT2D eigenvalue weighted by Gasteiger charge is 2.22. The smallest absolute Gasteiger partial charge is 0.130 e. The molecule has 0 fully saturated rings. The lowest BCUT2D eigenvalue weighted by Crippen LogP contribution is -2.25. The maximum atomic E-state index is 6.32. The average molecular weight is 288 g/mol. The molecule has 0 unspecified atom stereocenters. The Labute approximate surface area is 124 Å². The maximum Gasteiger partial charge on any atom is 0.130 e. The van der Waals surface area contributed by atoms with E-state index in [0.29, 0.717) is 6.54 Å². The fraction of sp³-hybridized carbons (Fsp3) is 0.294. The van der Waals surface area contributed by atoms with Crippen LogP contribution in [-0.4, -0.2) is 12.6 Å². The van der Waals surface area contributed by atoms with E-state index in [-0.39, 0.29) is 6.10 Å². The van der Waals surface area contributed by atoms with Crippen LogP contribution in [0.2, 0.25) is 5.02 Å². The first-order valence-corrected chi connectivity index (χ1v) is 7.41. The van der Waals surface area contributed by atoms with Gasteiger partial charge >= 0.3 is 0 Å². The summed E-state index contributed by atoms with van der Waals surface area (Å²) in [4.78, 5) is 0. The van der Waals surface area contributed by atoms with Crippen molar-refractivity contribution < 1.29 is 4.74 Å². The van der Waals surface area contributed by atoms with Crippen LogP contribution < -0.4 is 10.5 Å². The van der Waals surface area contributed by atoms with Crippen LogP contribution in [-0.2, 0) is 6.42 Å². The summed E-state index contributed by atoms with van der Waals surface area (Å²) in [5.41, 5.74) is 9.02. The maximum absolute atomic E-state index is 6.32. The van der Waals surface area contributed by atoms with Gasteiger partial charge in [-0.05, 0) is 37.4 Å². The molecule has 2 aromatic carbocycles. The molecule has 0 amide bonds. The zero-order valence-corrected chi connectivity index (χ0v) is 12.1. The lowest BCUT2D eigenvalue weighted by Gasteiger charge is -2.28. The molecule has 3 rings (SSSR count). The predicted octanol–water partition coefficient (Wildman–Crippen LogP) is 4.05. The Hall–Kier alpha value is -1.51. The number of nitrogens with two attached hydrogens (primary N) is 1. The van der Waals surface area contributed by atoms with Crippen molar-refractivity contribution in [3.63, 3.8) is 0 Å². The van der Waals surface area contributed by atoms with E-state index in [4.69, 9.17) is 22.1 Å². The van der Waals surface area contributed by atoms with Crippen LogP contribution in [0.15, 0.2) is 42.5 Å². The van der Waals surface area contributed by atoms with Crippen molar-refractivity contribution in [2.45, 2.75) is 25.4 Å². The van der Waals surface area contributed by atoms with E-state index in [1.165, 1.54) is 5.56 Å². The summed E-state index contributed by atoms with van der Waals surface area (Å²) >= 11 is 6.32. The molecule has 0 aromatic heterocycles. The van der Waals surface area contributed by atoms with Gasteiger partial charge in [-0.3, -0.25) is 0 Å². The topological polar surface area (TPSA) is 35.2 Å². The predicted molar refractivity (Wildman–Crippen MR) is 83.3 cm³/mol. The Bertz CT molecular complexity index is 612. The Balaban J connectivity index is 2.04. The molecule has 2 aromatic rings. The molecule has 1 aliphatic rings. The molecule has 0 radical (unpaired) electrons. The Morgan fingerprint density at radius 2 is 1.90 bits per heavy atom. The van der Waals surface area contributed by atoms with Crippen LogP contribution >= 0.6 is 11.6 Å². The summed E-state index contributed by atoms with van der Waals surface area (Å²) in [5.74, 6) is 0.977. The highest BCUT2D eigenvalue weighted by molar-refractivity contribution is 6.33. The van der Waals surface area contributed by atoms with Crippen molar-refractivity contribution in [2.24, 2.45) is 5.73 Å². The summed E-state index contributed by atoms with van der Waals surface area (Å²) in [6.07, 6.45) is 3.20. The Morgan fingerprint density at radius 3 is 2.70 bits per heavy atom. The number of ether oxygens (including phenoxy) is 1. The molecule has 1 atom stereocenters. The summed E-state index contributed by atoms with van der Waals surface area (Å²) in [6.45, 7) is 0.661. The van der Waals surface area contributed by atoms with Crippen molar-refractivity contribution >= 4 is 11.6 Å². The van der Waals surface area contributed by atoms with Gasteiger partial charge in [-0.1, -0.05) is 48.0 Å². The minimum Gasteiger partial charge on any atom is -0.489 e. The van der Waals surface area contributed by atoms with Gasteiger partial charge in [0.15, 0.2) is 0 Å². The molecular formula is C17H18ClNO. The second-order valence-electron chi connectivity index (χ2n) is 5.13. The van der Waals surface area contributed by atoms with E-state index in [1.807, 2.05) is 24.3 Å². The highest BCUT2D eigenvalue weighted by atomic mass is 35.5. The molecule has 0 saturated carbocycles. The zero-order valence-electron chi connectivity index (χ0n) is 11.3. The molecule has 0 saturated heterocycles. The normalized spacial score (nSPS) is 17.4. The highest BCUT2D eigenvalue weighted by Crippen LogP contribution is 2.40. The van der Waals surface area contributed by atoms with E-state index >= 15 is 0 Å². The average Bonchev–Trinajstić information content (AvgIpc) is 2.48. The Morgan fingerprint density at radius 1 is 1.10 bits per heavy atom. The number of halogens is 1. The molecule has 0 aliphatic carbocycles. The number of hydrogen-bond acceptors (Lipinski definition) is 2. The minimum atomic E-state index is 0.219. The van der Waals surface area contributed by atoms with Crippen LogP contribution in [0, 0.1) is 0 Å². The van der Waals surface area contributed by atoms with E-state index in [9.17, 15) is 0 Å². The van der Waals surface area contributed by atoms with E-state index in [2.05, 4.69) is 18.2 Å². The molecule has 20 heavy (non-hydrogen) atoms. The fourth-order valence-corrected chi connectivity index (χ4v) is 2.98. The van der Waals surface area contributed by atoms with Gasteiger partial charge in [-0.15, -0.1) is 0 Å². The van der Waals surface area contributed by atoms with Crippen LogP contribution in [0.5, 0.6) is 5.75 Å². The van der Waals surface area contributed by atoms with E-state index in [0.717, 1.165) is 41.2 Å². The largest absolute Gasteiger partial charge is 0.489 e. The summed E-state index contributed by atoms with van der Waals surface area (Å²) in [7, 11) is 0. The number of aryl methyl sites for hydroxylation is 1. The standard InChI is InChI=1S/C17H18ClNO/c18-16-7-2-1-5-14(16)15-6-3-4-12-8-9-13(10-11-19)20-17(12)15/h1-7,13H,8-11,19H2/t13-/m0/s1. The van der Waals surface area contributed by atoms with Crippen LogP contribution in [0.3, 0.4) is 0 Å². The van der Waals surface area contributed by atoms with Gasteiger partial charge in [0.05, 0.1) is 0 Å². The monoisotopic (exact) mass is 287 g/mol. The van der Waals surface area contributed by atoms with Gasteiger partial charge in [0, 0.05) is 16.1 Å². The number of rotatable bonds is 3. The molecule has 104 valence electrons. The lowest BCUT2D eigenvalue weighted by atomic mass is 9.95. The third-order valence-corrected chi connectivity index (χ3v) is 4.10.